The molecule has 1 N–H and O–H groups in total. The Kier molecular flexibility index (Phi) is 7.00. The molecule has 0 atom stereocenters. The van der Waals surface area contributed by atoms with Crippen LogP contribution in [0.1, 0.15) is 11.1 Å². The summed E-state index contributed by atoms with van der Waals surface area (Å²) in [5, 5.41) is 0. The molecule has 1 amide bonds. The fraction of sp³-hybridized carbons (Fsp3) is 0.250. The molecule has 0 unspecified atom stereocenters. The van der Waals surface area contributed by atoms with Crippen LogP contribution in [-0.4, -0.2) is 55.3 Å². The van der Waals surface area contributed by atoms with Crippen LogP contribution in [0.2, 0.25) is 0 Å². The standard InChI is InChI=1S/C24H25FN4O3S/c25-21-3-7-23(8-4-21)33(31,32)27-22-5-1-19(2-6-22)17-24(30)29-15-13-28(14-16-29)18-20-9-11-26-12-10-20/h1-12,27H,13-18H2. The van der Waals surface area contributed by atoms with E-state index < -0.39 is 15.8 Å². The molecule has 0 bridgehead atoms. The number of amides is 1. The summed E-state index contributed by atoms with van der Waals surface area (Å²) in [4.78, 5) is 20.9. The molecule has 3 aromatic rings. The van der Waals surface area contributed by atoms with Gasteiger partial charge in [-0.1, -0.05) is 12.1 Å². The van der Waals surface area contributed by atoms with Gasteiger partial charge in [-0.15, -0.1) is 0 Å². The predicted octanol–water partition coefficient (Wildman–Crippen LogP) is 2.91. The summed E-state index contributed by atoms with van der Waals surface area (Å²) >= 11 is 0. The zero-order valence-corrected chi connectivity index (χ0v) is 18.8. The average Bonchev–Trinajstić information content (AvgIpc) is 2.81. The number of carbonyl (C=O) groups is 1. The summed E-state index contributed by atoms with van der Waals surface area (Å²) in [7, 11) is -3.81. The van der Waals surface area contributed by atoms with Crippen molar-refractivity contribution in [1.82, 2.24) is 14.8 Å². The molecule has 1 aliphatic rings. The highest BCUT2D eigenvalue weighted by molar-refractivity contribution is 7.92. The van der Waals surface area contributed by atoms with E-state index in [1.165, 1.54) is 17.7 Å². The Morgan fingerprint density at radius 2 is 1.52 bits per heavy atom. The number of carbonyl (C=O) groups excluding carboxylic acids is 1. The molecule has 2 heterocycles. The van der Waals surface area contributed by atoms with Gasteiger partial charge in [-0.05, 0) is 59.7 Å². The van der Waals surface area contributed by atoms with Gasteiger partial charge >= 0.3 is 0 Å². The third-order valence-electron chi connectivity index (χ3n) is 5.57. The first-order valence-electron chi connectivity index (χ1n) is 10.7. The van der Waals surface area contributed by atoms with Gasteiger partial charge in [0.05, 0.1) is 11.3 Å². The van der Waals surface area contributed by atoms with Gasteiger partial charge in [-0.25, -0.2) is 12.8 Å². The molecule has 172 valence electrons. The second-order valence-corrected chi connectivity index (χ2v) is 9.63. The van der Waals surface area contributed by atoms with E-state index in [0.717, 1.165) is 37.3 Å². The number of benzene rings is 2. The van der Waals surface area contributed by atoms with Crippen LogP contribution in [0.5, 0.6) is 0 Å². The number of nitrogens with zero attached hydrogens (tertiary/aromatic N) is 3. The van der Waals surface area contributed by atoms with Crippen LogP contribution < -0.4 is 4.72 Å². The van der Waals surface area contributed by atoms with Gasteiger partial charge in [-0.2, -0.15) is 0 Å². The minimum Gasteiger partial charge on any atom is -0.340 e. The number of hydrogen-bond donors (Lipinski definition) is 1. The predicted molar refractivity (Wildman–Crippen MR) is 123 cm³/mol. The maximum absolute atomic E-state index is 13.0. The summed E-state index contributed by atoms with van der Waals surface area (Å²) in [6.45, 7) is 3.84. The Morgan fingerprint density at radius 3 is 2.15 bits per heavy atom. The number of rotatable bonds is 7. The molecule has 1 fully saturated rings. The number of hydrogen-bond acceptors (Lipinski definition) is 5. The van der Waals surface area contributed by atoms with Crippen molar-refractivity contribution in [3.8, 4) is 0 Å². The van der Waals surface area contributed by atoms with Crippen molar-refractivity contribution < 1.29 is 17.6 Å². The first-order valence-corrected chi connectivity index (χ1v) is 12.1. The summed E-state index contributed by atoms with van der Waals surface area (Å²) < 4.78 is 40.4. The second kappa shape index (κ2) is 10.1. The van der Waals surface area contributed by atoms with E-state index in [1.807, 2.05) is 17.0 Å². The zero-order chi connectivity index (χ0) is 23.3. The highest BCUT2D eigenvalue weighted by Crippen LogP contribution is 2.18. The molecule has 0 saturated carbocycles. The van der Waals surface area contributed by atoms with E-state index in [-0.39, 0.29) is 17.2 Å². The van der Waals surface area contributed by atoms with E-state index in [2.05, 4.69) is 14.6 Å². The molecular formula is C24H25FN4O3S. The van der Waals surface area contributed by atoms with Crippen LogP contribution >= 0.6 is 0 Å². The quantitative estimate of drug-likeness (QED) is 0.577. The zero-order valence-electron chi connectivity index (χ0n) is 18.0. The van der Waals surface area contributed by atoms with Crippen molar-refractivity contribution in [2.24, 2.45) is 0 Å². The van der Waals surface area contributed by atoms with E-state index in [0.29, 0.717) is 18.8 Å². The molecular weight excluding hydrogens is 443 g/mol. The Morgan fingerprint density at radius 1 is 0.879 bits per heavy atom. The van der Waals surface area contributed by atoms with Gasteiger partial charge in [0.15, 0.2) is 0 Å². The molecule has 33 heavy (non-hydrogen) atoms. The van der Waals surface area contributed by atoms with E-state index in [4.69, 9.17) is 0 Å². The third-order valence-corrected chi connectivity index (χ3v) is 6.96. The molecule has 1 aromatic heterocycles. The number of piperazine rings is 1. The van der Waals surface area contributed by atoms with Crippen LogP contribution in [-0.2, 0) is 27.8 Å². The van der Waals surface area contributed by atoms with Crippen molar-refractivity contribution in [1.29, 1.82) is 0 Å². The van der Waals surface area contributed by atoms with Crippen molar-refractivity contribution in [2.75, 3.05) is 30.9 Å². The number of pyridine rings is 1. The smallest absolute Gasteiger partial charge is 0.261 e. The Labute approximate surface area is 192 Å². The Hall–Kier alpha value is -3.30. The molecule has 1 saturated heterocycles. The van der Waals surface area contributed by atoms with Gasteiger partial charge in [0.25, 0.3) is 10.0 Å². The average molecular weight is 469 g/mol. The molecule has 0 spiro atoms. The molecule has 7 nitrogen and oxygen atoms in total. The lowest BCUT2D eigenvalue weighted by Gasteiger charge is -2.34. The number of aromatic nitrogens is 1. The van der Waals surface area contributed by atoms with E-state index in [9.17, 15) is 17.6 Å². The van der Waals surface area contributed by atoms with Crippen molar-refractivity contribution in [2.45, 2.75) is 17.9 Å². The normalized spacial score (nSPS) is 14.8. The highest BCUT2D eigenvalue weighted by atomic mass is 32.2. The first-order chi connectivity index (χ1) is 15.9. The van der Waals surface area contributed by atoms with E-state index >= 15 is 0 Å². The molecule has 1 aliphatic heterocycles. The minimum atomic E-state index is -3.81. The number of anilines is 1. The Balaban J connectivity index is 1.28. The van der Waals surface area contributed by atoms with Crippen LogP contribution in [0, 0.1) is 5.82 Å². The molecule has 2 aromatic carbocycles. The molecule has 0 aliphatic carbocycles. The maximum atomic E-state index is 13.0. The van der Waals surface area contributed by atoms with Crippen molar-refractivity contribution >= 4 is 21.6 Å². The summed E-state index contributed by atoms with van der Waals surface area (Å²) in [5.74, 6) is -0.448. The minimum absolute atomic E-state index is 0.0220. The number of nitrogens with one attached hydrogen (secondary N) is 1. The lowest BCUT2D eigenvalue weighted by Crippen LogP contribution is -2.48. The lowest BCUT2D eigenvalue weighted by atomic mass is 10.1. The first kappa shape index (κ1) is 22.9. The van der Waals surface area contributed by atoms with E-state index in [1.54, 1.807) is 36.7 Å². The molecule has 9 heteroatoms. The highest BCUT2D eigenvalue weighted by Gasteiger charge is 2.21. The van der Waals surface area contributed by atoms with Gasteiger partial charge in [0, 0.05) is 50.8 Å². The van der Waals surface area contributed by atoms with Crippen LogP contribution in [0.15, 0.2) is 78.0 Å². The largest absolute Gasteiger partial charge is 0.340 e. The van der Waals surface area contributed by atoms with Crippen LogP contribution in [0.4, 0.5) is 10.1 Å². The van der Waals surface area contributed by atoms with Crippen LogP contribution in [0.25, 0.3) is 0 Å². The number of sulfonamides is 1. The molecule has 4 rings (SSSR count). The Bertz CT molecular complexity index is 1180. The second-order valence-electron chi connectivity index (χ2n) is 7.95. The summed E-state index contributed by atoms with van der Waals surface area (Å²) in [6.07, 6.45) is 3.83. The van der Waals surface area contributed by atoms with Gasteiger partial charge in [0.1, 0.15) is 5.82 Å². The topological polar surface area (TPSA) is 82.6 Å². The van der Waals surface area contributed by atoms with Crippen molar-refractivity contribution in [3.05, 3.63) is 90.0 Å². The fourth-order valence-corrected chi connectivity index (χ4v) is 4.77. The van der Waals surface area contributed by atoms with Crippen molar-refractivity contribution in [3.63, 3.8) is 0 Å². The monoisotopic (exact) mass is 468 g/mol. The van der Waals surface area contributed by atoms with Gasteiger partial charge in [0.2, 0.25) is 5.91 Å². The third kappa shape index (κ3) is 6.15. The summed E-state index contributed by atoms with van der Waals surface area (Å²) in [6, 6.07) is 15.3. The van der Waals surface area contributed by atoms with Crippen LogP contribution in [0.3, 0.4) is 0 Å². The lowest BCUT2D eigenvalue weighted by molar-refractivity contribution is -0.132. The molecule has 0 radical (unpaired) electrons. The fourth-order valence-electron chi connectivity index (χ4n) is 3.71. The van der Waals surface area contributed by atoms with Gasteiger partial charge < -0.3 is 4.90 Å². The summed E-state index contributed by atoms with van der Waals surface area (Å²) in [5.41, 5.74) is 2.39. The number of halogens is 1. The SMILES string of the molecule is O=C(Cc1ccc(NS(=O)(=O)c2ccc(F)cc2)cc1)N1CCN(Cc2ccncc2)CC1. The van der Waals surface area contributed by atoms with Gasteiger partial charge in [-0.3, -0.25) is 19.4 Å². The maximum Gasteiger partial charge on any atom is 0.261 e.